The minimum atomic E-state index is 0.276. The van der Waals surface area contributed by atoms with Crippen LogP contribution in [0.1, 0.15) is 0 Å². The molecular weight excluding hydrogens is 346 g/mol. The van der Waals surface area contributed by atoms with Crippen molar-refractivity contribution in [3.8, 4) is 11.6 Å². The molecule has 0 aliphatic carbocycles. The predicted octanol–water partition coefficient (Wildman–Crippen LogP) is 3.75. The highest BCUT2D eigenvalue weighted by molar-refractivity contribution is 9.10. The molecule has 0 amide bonds. The Morgan fingerprint density at radius 1 is 1.09 bits per heavy atom. The van der Waals surface area contributed by atoms with Crippen LogP contribution in [0.25, 0.3) is 0 Å². The van der Waals surface area contributed by atoms with E-state index in [2.05, 4.69) is 36.2 Å². The highest BCUT2D eigenvalue weighted by Gasteiger charge is 2.11. The Kier molecular flexibility index (Phi) is 4.15. The summed E-state index contributed by atoms with van der Waals surface area (Å²) in [6.07, 6.45) is 4.64. The molecule has 0 aliphatic heterocycles. The van der Waals surface area contributed by atoms with Crippen LogP contribution >= 0.6 is 15.9 Å². The zero-order chi connectivity index (χ0) is 15.4. The van der Waals surface area contributed by atoms with Crippen molar-refractivity contribution in [3.05, 3.63) is 59.6 Å². The summed E-state index contributed by atoms with van der Waals surface area (Å²) in [6.45, 7) is 0. The number of para-hydroxylation sites is 1. The summed E-state index contributed by atoms with van der Waals surface area (Å²) < 4.78 is 6.53. The first-order valence-corrected chi connectivity index (χ1v) is 7.23. The Morgan fingerprint density at radius 3 is 2.73 bits per heavy atom. The number of rotatable bonds is 4. The van der Waals surface area contributed by atoms with Crippen LogP contribution < -0.4 is 15.8 Å². The third-order valence-corrected chi connectivity index (χ3v) is 3.51. The number of halogens is 1. The van der Waals surface area contributed by atoms with Gasteiger partial charge in [0.25, 0.3) is 0 Å². The molecule has 110 valence electrons. The lowest BCUT2D eigenvalue weighted by Gasteiger charge is -2.12. The normalized spacial score (nSPS) is 10.2. The highest BCUT2D eigenvalue weighted by Crippen LogP contribution is 2.32. The number of hydrogen-bond acceptors (Lipinski definition) is 6. The molecule has 0 radical (unpaired) electrons. The van der Waals surface area contributed by atoms with Crippen LogP contribution in [0, 0.1) is 0 Å². The Morgan fingerprint density at radius 2 is 1.95 bits per heavy atom. The number of hydrogen-bond donors (Lipinski definition) is 2. The summed E-state index contributed by atoms with van der Waals surface area (Å²) in [6, 6.07) is 11.2. The zero-order valence-corrected chi connectivity index (χ0v) is 13.0. The van der Waals surface area contributed by atoms with Gasteiger partial charge in [0.2, 0.25) is 5.88 Å². The summed E-state index contributed by atoms with van der Waals surface area (Å²) in [5, 5.41) is 3.15. The maximum Gasteiger partial charge on any atom is 0.248 e. The van der Waals surface area contributed by atoms with E-state index in [0.717, 1.165) is 10.2 Å². The molecule has 0 saturated heterocycles. The van der Waals surface area contributed by atoms with Crippen molar-refractivity contribution in [1.29, 1.82) is 0 Å². The average Bonchev–Trinajstić information content (AvgIpc) is 2.54. The second-order valence-electron chi connectivity index (χ2n) is 4.34. The molecule has 3 N–H and O–H groups in total. The van der Waals surface area contributed by atoms with Crippen LogP contribution in [-0.4, -0.2) is 15.0 Å². The first-order chi connectivity index (χ1) is 10.7. The Hall–Kier alpha value is -2.67. The molecule has 0 bridgehead atoms. The van der Waals surface area contributed by atoms with Gasteiger partial charge in [-0.2, -0.15) is 4.98 Å². The molecule has 2 aromatic heterocycles. The molecular formula is C15H12BrN5O. The minimum absolute atomic E-state index is 0.276. The second kappa shape index (κ2) is 6.40. The largest absolute Gasteiger partial charge is 0.435 e. The van der Waals surface area contributed by atoms with Crippen molar-refractivity contribution < 1.29 is 4.74 Å². The van der Waals surface area contributed by atoms with Crippen LogP contribution in [0.2, 0.25) is 0 Å². The number of nitrogens with two attached hydrogens (primary N) is 1. The number of benzene rings is 1. The first kappa shape index (κ1) is 14.3. The molecule has 0 spiro atoms. The molecule has 2 heterocycles. The van der Waals surface area contributed by atoms with Gasteiger partial charge in [-0.3, -0.25) is 4.98 Å². The van der Waals surface area contributed by atoms with Gasteiger partial charge in [0.15, 0.2) is 5.82 Å². The molecule has 0 aliphatic rings. The Balaban J connectivity index is 1.88. The lowest BCUT2D eigenvalue weighted by atomic mass is 10.3. The molecule has 3 aromatic rings. The van der Waals surface area contributed by atoms with E-state index in [4.69, 9.17) is 10.5 Å². The molecule has 1 aromatic carbocycles. The van der Waals surface area contributed by atoms with Crippen LogP contribution in [-0.2, 0) is 0 Å². The first-order valence-electron chi connectivity index (χ1n) is 6.44. The molecule has 0 saturated carbocycles. The maximum atomic E-state index is 6.08. The van der Waals surface area contributed by atoms with Crippen LogP contribution in [0.3, 0.4) is 0 Å². The van der Waals surface area contributed by atoms with E-state index in [0.29, 0.717) is 17.3 Å². The van der Waals surface area contributed by atoms with E-state index in [1.165, 1.54) is 6.33 Å². The summed E-state index contributed by atoms with van der Waals surface area (Å²) in [7, 11) is 0. The third kappa shape index (κ3) is 3.15. The van der Waals surface area contributed by atoms with Gasteiger partial charge in [-0.25, -0.2) is 4.98 Å². The minimum Gasteiger partial charge on any atom is -0.435 e. The SMILES string of the molecule is Nc1c(Nc2ccccc2Br)ncnc1Oc1cccnc1. The van der Waals surface area contributed by atoms with Gasteiger partial charge in [-0.15, -0.1) is 0 Å². The smallest absolute Gasteiger partial charge is 0.248 e. The Labute approximate surface area is 135 Å². The number of pyridine rings is 1. The number of nitrogen functional groups attached to an aromatic ring is 1. The molecule has 6 nitrogen and oxygen atoms in total. The van der Waals surface area contributed by atoms with E-state index in [1.54, 1.807) is 24.5 Å². The summed E-state index contributed by atoms with van der Waals surface area (Å²) in [5.41, 5.74) is 7.25. The molecule has 0 atom stereocenters. The van der Waals surface area contributed by atoms with Crippen molar-refractivity contribution in [2.75, 3.05) is 11.1 Å². The number of nitrogens with zero attached hydrogens (tertiary/aromatic N) is 3. The highest BCUT2D eigenvalue weighted by atomic mass is 79.9. The van der Waals surface area contributed by atoms with E-state index in [9.17, 15) is 0 Å². The monoisotopic (exact) mass is 357 g/mol. The molecule has 22 heavy (non-hydrogen) atoms. The number of anilines is 3. The van der Waals surface area contributed by atoms with E-state index >= 15 is 0 Å². The van der Waals surface area contributed by atoms with E-state index < -0.39 is 0 Å². The van der Waals surface area contributed by atoms with Crippen LogP contribution in [0.4, 0.5) is 17.2 Å². The summed E-state index contributed by atoms with van der Waals surface area (Å²) in [5.74, 6) is 1.30. The standard InChI is InChI=1S/C15H12BrN5O/c16-11-5-1-2-6-12(11)21-14-13(17)15(20-9-19-14)22-10-4-3-7-18-8-10/h1-9H,17H2,(H,19,20,21). The quantitative estimate of drug-likeness (QED) is 0.739. The van der Waals surface area contributed by atoms with Crippen molar-refractivity contribution in [1.82, 2.24) is 15.0 Å². The predicted molar refractivity (Wildman–Crippen MR) is 88.2 cm³/mol. The van der Waals surface area contributed by atoms with E-state index in [-0.39, 0.29) is 5.88 Å². The lowest BCUT2D eigenvalue weighted by molar-refractivity contribution is 0.462. The lowest BCUT2D eigenvalue weighted by Crippen LogP contribution is -2.03. The van der Waals surface area contributed by atoms with Gasteiger partial charge < -0.3 is 15.8 Å². The third-order valence-electron chi connectivity index (χ3n) is 2.82. The van der Waals surface area contributed by atoms with Gasteiger partial charge in [0.05, 0.1) is 11.9 Å². The summed E-state index contributed by atoms with van der Waals surface area (Å²) in [4.78, 5) is 12.2. The van der Waals surface area contributed by atoms with Crippen LogP contribution in [0.5, 0.6) is 11.6 Å². The van der Waals surface area contributed by atoms with Crippen molar-refractivity contribution >= 4 is 33.1 Å². The van der Waals surface area contributed by atoms with Gasteiger partial charge in [-0.1, -0.05) is 12.1 Å². The van der Waals surface area contributed by atoms with Gasteiger partial charge in [0.1, 0.15) is 17.8 Å². The fourth-order valence-corrected chi connectivity index (χ4v) is 2.15. The van der Waals surface area contributed by atoms with Crippen molar-refractivity contribution in [2.24, 2.45) is 0 Å². The summed E-state index contributed by atoms with van der Waals surface area (Å²) >= 11 is 3.46. The van der Waals surface area contributed by atoms with Crippen molar-refractivity contribution in [2.45, 2.75) is 0 Å². The maximum absolute atomic E-state index is 6.08. The number of ether oxygens (including phenoxy) is 1. The fourth-order valence-electron chi connectivity index (χ4n) is 1.77. The second-order valence-corrected chi connectivity index (χ2v) is 5.19. The van der Waals surface area contributed by atoms with Gasteiger partial charge in [-0.05, 0) is 40.2 Å². The number of nitrogens with one attached hydrogen (secondary N) is 1. The fraction of sp³-hybridized carbons (Fsp3) is 0. The number of aromatic nitrogens is 3. The van der Waals surface area contributed by atoms with Gasteiger partial charge >= 0.3 is 0 Å². The molecule has 0 unspecified atom stereocenters. The molecule has 3 rings (SSSR count). The average molecular weight is 358 g/mol. The van der Waals surface area contributed by atoms with Crippen LogP contribution in [0.15, 0.2) is 59.6 Å². The van der Waals surface area contributed by atoms with E-state index in [1.807, 2.05) is 24.3 Å². The topological polar surface area (TPSA) is 86.0 Å². The molecule has 7 heteroatoms. The zero-order valence-electron chi connectivity index (χ0n) is 11.4. The van der Waals surface area contributed by atoms with Crippen molar-refractivity contribution in [3.63, 3.8) is 0 Å². The van der Waals surface area contributed by atoms with Gasteiger partial charge in [0, 0.05) is 10.7 Å². The molecule has 0 fully saturated rings. The Bertz CT molecular complexity index is 782.